The van der Waals surface area contributed by atoms with Gasteiger partial charge in [0.25, 0.3) is 0 Å². The maximum atomic E-state index is 13.9. The average molecular weight is 407 g/mol. The van der Waals surface area contributed by atoms with E-state index in [4.69, 9.17) is 16.3 Å². The standard InChI is InChI=1S/C19H20ClFN4OS/c1-25-8-9-26-12(11-25)10-22-19-23-18-14(5-3-7-16(18)27-24-19)13-4-2-6-15(21)17(13)20/h2-7,12H,8-11H2,1H3,(H2,22,23,24). The van der Waals surface area contributed by atoms with Gasteiger partial charge in [-0.1, -0.05) is 35.9 Å². The Kier molecular flexibility index (Phi) is 5.54. The summed E-state index contributed by atoms with van der Waals surface area (Å²) >= 11 is 7.58. The molecule has 0 aliphatic carbocycles. The summed E-state index contributed by atoms with van der Waals surface area (Å²) in [6, 6.07) is 10.7. The molecule has 0 bridgehead atoms. The minimum absolute atomic E-state index is 0.118. The fraction of sp³-hybridized carbons (Fsp3) is 0.316. The number of nitrogens with zero attached hydrogens (tertiary/aromatic N) is 2. The molecule has 5 nitrogen and oxygen atoms in total. The molecule has 2 aromatic carbocycles. The average Bonchev–Trinajstić information content (AvgIpc) is 2.68. The molecule has 1 saturated heterocycles. The Bertz CT molecular complexity index is 879. The summed E-state index contributed by atoms with van der Waals surface area (Å²) in [5.74, 6) is 0.227. The summed E-state index contributed by atoms with van der Waals surface area (Å²) in [6.45, 7) is 3.24. The molecule has 27 heavy (non-hydrogen) atoms. The van der Waals surface area contributed by atoms with Gasteiger partial charge in [-0.15, -0.1) is 0 Å². The predicted molar refractivity (Wildman–Crippen MR) is 109 cm³/mol. The van der Waals surface area contributed by atoms with E-state index in [1.807, 2.05) is 24.3 Å². The third-order valence-electron chi connectivity index (χ3n) is 4.59. The number of halogens is 2. The van der Waals surface area contributed by atoms with Crippen LogP contribution in [0.25, 0.3) is 11.1 Å². The normalized spacial score (nSPS) is 19.8. The first kappa shape index (κ1) is 18.6. The number of morpholine rings is 1. The van der Waals surface area contributed by atoms with E-state index in [0.717, 1.165) is 35.8 Å². The Morgan fingerprint density at radius 2 is 2.15 bits per heavy atom. The van der Waals surface area contributed by atoms with Crippen LogP contribution < -0.4 is 10.6 Å². The number of anilines is 1. The monoisotopic (exact) mass is 406 g/mol. The number of hydrogen-bond acceptors (Lipinski definition) is 6. The van der Waals surface area contributed by atoms with Crippen molar-refractivity contribution in [3.63, 3.8) is 0 Å². The highest BCUT2D eigenvalue weighted by Crippen LogP contribution is 2.41. The molecule has 2 aliphatic heterocycles. The molecule has 0 amide bonds. The number of benzene rings is 2. The molecule has 2 heterocycles. The van der Waals surface area contributed by atoms with Gasteiger partial charge in [-0.05, 0) is 19.2 Å². The number of nitrogens with one attached hydrogen (secondary N) is 2. The van der Waals surface area contributed by atoms with Crippen molar-refractivity contribution in [3.8, 4) is 11.1 Å². The molecule has 142 valence electrons. The van der Waals surface area contributed by atoms with E-state index in [-0.39, 0.29) is 11.1 Å². The Hall–Kier alpha value is -1.80. The van der Waals surface area contributed by atoms with E-state index in [2.05, 4.69) is 27.0 Å². The molecule has 8 heteroatoms. The number of guanidine groups is 1. The van der Waals surface area contributed by atoms with Crippen LogP contribution in [-0.4, -0.2) is 50.3 Å². The summed E-state index contributed by atoms with van der Waals surface area (Å²) < 4.78 is 24.2. The van der Waals surface area contributed by atoms with Crippen LogP contribution in [0.1, 0.15) is 0 Å². The van der Waals surface area contributed by atoms with Crippen LogP contribution in [0.15, 0.2) is 45.7 Å². The van der Waals surface area contributed by atoms with E-state index in [0.29, 0.717) is 18.1 Å². The van der Waals surface area contributed by atoms with Crippen LogP contribution in [0, 0.1) is 5.82 Å². The van der Waals surface area contributed by atoms with E-state index in [1.54, 1.807) is 6.07 Å². The van der Waals surface area contributed by atoms with Crippen molar-refractivity contribution in [1.29, 1.82) is 0 Å². The SMILES string of the molecule is CN1CCOC(CNC2=NSc3cccc(-c4cccc(F)c4Cl)c3N2)C1. The maximum Gasteiger partial charge on any atom is 0.208 e. The molecule has 0 spiro atoms. The molecule has 2 aromatic rings. The van der Waals surface area contributed by atoms with E-state index in [9.17, 15) is 4.39 Å². The highest BCUT2D eigenvalue weighted by molar-refractivity contribution is 7.98. The second-order valence-corrected chi connectivity index (χ2v) is 7.76. The lowest BCUT2D eigenvalue weighted by Crippen LogP contribution is -2.47. The van der Waals surface area contributed by atoms with Crippen LogP contribution in [0.4, 0.5) is 10.1 Å². The zero-order valence-corrected chi connectivity index (χ0v) is 16.4. The summed E-state index contributed by atoms with van der Waals surface area (Å²) in [5, 5.41) is 6.76. The summed E-state index contributed by atoms with van der Waals surface area (Å²) in [4.78, 5) is 3.21. The van der Waals surface area contributed by atoms with Gasteiger partial charge in [-0.25, -0.2) is 4.39 Å². The zero-order chi connectivity index (χ0) is 18.8. The molecular formula is C19H20ClFN4OS. The quantitative estimate of drug-likeness (QED) is 0.758. The van der Waals surface area contributed by atoms with Crippen LogP contribution in [0.3, 0.4) is 0 Å². The minimum atomic E-state index is -0.430. The number of likely N-dealkylation sites (N-methyl/N-ethyl adjacent to an activating group) is 1. The first-order valence-electron chi connectivity index (χ1n) is 8.75. The van der Waals surface area contributed by atoms with Crippen LogP contribution in [0.5, 0.6) is 0 Å². The van der Waals surface area contributed by atoms with Crippen LogP contribution in [-0.2, 0) is 4.74 Å². The van der Waals surface area contributed by atoms with Crippen molar-refractivity contribution in [3.05, 3.63) is 47.2 Å². The molecule has 1 atom stereocenters. The van der Waals surface area contributed by atoms with Crippen LogP contribution in [0.2, 0.25) is 5.02 Å². The van der Waals surface area contributed by atoms with Crippen molar-refractivity contribution in [1.82, 2.24) is 10.2 Å². The van der Waals surface area contributed by atoms with Crippen LogP contribution >= 0.6 is 23.5 Å². The zero-order valence-electron chi connectivity index (χ0n) is 14.8. The number of para-hydroxylation sites is 1. The van der Waals surface area contributed by atoms with Gasteiger partial charge in [0.15, 0.2) is 0 Å². The molecular weight excluding hydrogens is 387 g/mol. The summed E-state index contributed by atoms with van der Waals surface area (Å²) in [7, 11) is 2.09. The number of fused-ring (bicyclic) bond motifs is 1. The Balaban J connectivity index is 1.52. The predicted octanol–water partition coefficient (Wildman–Crippen LogP) is 3.85. The molecule has 1 unspecified atom stereocenters. The molecule has 0 radical (unpaired) electrons. The van der Waals surface area contributed by atoms with Gasteiger partial charge in [0.2, 0.25) is 5.96 Å². The smallest absolute Gasteiger partial charge is 0.208 e. The molecule has 2 aliphatic rings. The van der Waals surface area contributed by atoms with Gasteiger partial charge in [0, 0.05) is 42.7 Å². The molecule has 0 saturated carbocycles. The first-order chi connectivity index (χ1) is 13.1. The van der Waals surface area contributed by atoms with Gasteiger partial charge < -0.3 is 20.3 Å². The topological polar surface area (TPSA) is 48.9 Å². The Morgan fingerprint density at radius 1 is 1.33 bits per heavy atom. The molecule has 0 aromatic heterocycles. The van der Waals surface area contributed by atoms with Crippen molar-refractivity contribution in [2.24, 2.45) is 4.40 Å². The third-order valence-corrected chi connectivity index (χ3v) is 5.78. The first-order valence-corrected chi connectivity index (χ1v) is 9.90. The second-order valence-electron chi connectivity index (χ2n) is 6.57. The lowest BCUT2D eigenvalue weighted by molar-refractivity contribution is -0.0160. The lowest BCUT2D eigenvalue weighted by Gasteiger charge is -2.31. The van der Waals surface area contributed by atoms with E-state index < -0.39 is 5.82 Å². The Morgan fingerprint density at radius 3 is 3.00 bits per heavy atom. The van der Waals surface area contributed by atoms with Gasteiger partial charge in [-0.3, -0.25) is 0 Å². The number of hydrogen-bond donors (Lipinski definition) is 2. The minimum Gasteiger partial charge on any atom is -0.374 e. The summed E-state index contributed by atoms with van der Waals surface area (Å²) in [5.41, 5.74) is 2.36. The van der Waals surface area contributed by atoms with Gasteiger partial charge in [-0.2, -0.15) is 4.40 Å². The third kappa shape index (κ3) is 4.06. The largest absolute Gasteiger partial charge is 0.374 e. The Labute approximate surface area is 167 Å². The van der Waals surface area contributed by atoms with E-state index >= 15 is 0 Å². The number of ether oxygens (including phenoxy) is 1. The van der Waals surface area contributed by atoms with Gasteiger partial charge >= 0.3 is 0 Å². The second kappa shape index (κ2) is 8.06. The lowest BCUT2D eigenvalue weighted by atomic mass is 10.0. The van der Waals surface area contributed by atoms with Crippen molar-refractivity contribution in [2.45, 2.75) is 11.0 Å². The number of rotatable bonds is 3. The fourth-order valence-electron chi connectivity index (χ4n) is 3.19. The van der Waals surface area contributed by atoms with Gasteiger partial charge in [0.1, 0.15) is 5.82 Å². The summed E-state index contributed by atoms with van der Waals surface area (Å²) in [6.07, 6.45) is 0.118. The van der Waals surface area contributed by atoms with Gasteiger partial charge in [0.05, 0.1) is 28.3 Å². The van der Waals surface area contributed by atoms with Crippen molar-refractivity contribution in [2.75, 3.05) is 38.6 Å². The van der Waals surface area contributed by atoms with Crippen molar-refractivity contribution < 1.29 is 9.13 Å². The molecule has 4 rings (SSSR count). The molecule has 2 N–H and O–H groups in total. The molecule has 1 fully saturated rings. The maximum absolute atomic E-state index is 13.9. The van der Waals surface area contributed by atoms with Crippen molar-refractivity contribution >= 4 is 35.2 Å². The highest BCUT2D eigenvalue weighted by atomic mass is 35.5. The van der Waals surface area contributed by atoms with E-state index in [1.165, 1.54) is 18.0 Å². The highest BCUT2D eigenvalue weighted by Gasteiger charge is 2.21. The fourth-order valence-corrected chi connectivity index (χ4v) is 4.11.